The van der Waals surface area contributed by atoms with E-state index in [0.717, 1.165) is 18.8 Å². The number of hydrogen-bond donors (Lipinski definition) is 0. The molecule has 1 aliphatic rings. The zero-order valence-electron chi connectivity index (χ0n) is 8.23. The number of nitrogens with zero attached hydrogens (tertiary/aromatic N) is 2. The molecular weight excluding hydrogens is 176 g/mol. The van der Waals surface area contributed by atoms with E-state index in [4.69, 9.17) is 4.74 Å². The Labute approximate surface area is 82.5 Å². The van der Waals surface area contributed by atoms with Gasteiger partial charge >= 0.3 is 0 Å². The van der Waals surface area contributed by atoms with E-state index < -0.39 is 0 Å². The summed E-state index contributed by atoms with van der Waals surface area (Å²) in [5, 5.41) is 1.27. The highest BCUT2D eigenvalue weighted by Crippen LogP contribution is 2.20. The van der Waals surface area contributed by atoms with Crippen LogP contribution in [0.5, 0.6) is 5.75 Å². The van der Waals surface area contributed by atoms with Crippen molar-refractivity contribution in [1.29, 1.82) is 0 Å². The average Bonchev–Trinajstić information content (AvgIpc) is 2.75. The van der Waals surface area contributed by atoms with Crippen molar-refractivity contribution in [3.05, 3.63) is 24.4 Å². The van der Waals surface area contributed by atoms with Gasteiger partial charge < -0.3 is 4.74 Å². The van der Waals surface area contributed by atoms with Crippen LogP contribution in [-0.4, -0.2) is 11.8 Å². The van der Waals surface area contributed by atoms with E-state index in [1.807, 2.05) is 6.07 Å². The van der Waals surface area contributed by atoms with Crippen LogP contribution in [0.15, 0.2) is 24.4 Å². The maximum Gasteiger partial charge on any atom is 0.238 e. The van der Waals surface area contributed by atoms with E-state index in [1.54, 1.807) is 7.11 Å². The van der Waals surface area contributed by atoms with Gasteiger partial charge in [0.25, 0.3) is 0 Å². The number of rotatable bonds is 1. The number of methoxy groups -OCH3 is 1. The molecular formula is C11H13N2O+. The van der Waals surface area contributed by atoms with Crippen molar-refractivity contribution in [2.45, 2.75) is 19.5 Å². The second kappa shape index (κ2) is 2.74. The van der Waals surface area contributed by atoms with Crippen LogP contribution in [0.3, 0.4) is 0 Å². The Hall–Kier alpha value is -1.51. The van der Waals surface area contributed by atoms with E-state index in [-0.39, 0.29) is 0 Å². The molecule has 2 heterocycles. The Morgan fingerprint density at radius 3 is 3.21 bits per heavy atom. The molecule has 3 heteroatoms. The molecule has 0 bridgehead atoms. The second-order valence-corrected chi connectivity index (χ2v) is 3.69. The largest absolute Gasteiger partial charge is 0.497 e. The molecule has 0 N–H and O–H groups in total. The van der Waals surface area contributed by atoms with Crippen LogP contribution < -0.4 is 9.42 Å². The zero-order valence-corrected chi connectivity index (χ0v) is 8.23. The van der Waals surface area contributed by atoms with E-state index in [1.165, 1.54) is 17.3 Å². The first-order valence-corrected chi connectivity index (χ1v) is 4.95. The molecule has 1 aliphatic heterocycles. The van der Waals surface area contributed by atoms with Crippen LogP contribution in [0.25, 0.3) is 10.9 Å². The third kappa shape index (κ3) is 0.953. The molecule has 3 nitrogen and oxygen atoms in total. The lowest BCUT2D eigenvalue weighted by Crippen LogP contribution is -2.36. The van der Waals surface area contributed by atoms with Crippen LogP contribution >= 0.6 is 0 Å². The summed E-state index contributed by atoms with van der Waals surface area (Å²) in [6.07, 6.45) is 3.45. The minimum atomic E-state index is 0.933. The Morgan fingerprint density at radius 1 is 1.43 bits per heavy atom. The van der Waals surface area contributed by atoms with Gasteiger partial charge in [0.2, 0.25) is 5.52 Å². The van der Waals surface area contributed by atoms with Crippen molar-refractivity contribution < 1.29 is 9.42 Å². The van der Waals surface area contributed by atoms with Gasteiger partial charge in [0.1, 0.15) is 5.75 Å². The Kier molecular flexibility index (Phi) is 1.54. The van der Waals surface area contributed by atoms with Crippen molar-refractivity contribution in [3.8, 4) is 5.75 Å². The van der Waals surface area contributed by atoms with Gasteiger partial charge in [-0.1, -0.05) is 0 Å². The minimum absolute atomic E-state index is 0.933. The molecule has 14 heavy (non-hydrogen) atoms. The summed E-state index contributed by atoms with van der Waals surface area (Å²) in [6, 6.07) is 6.25. The minimum Gasteiger partial charge on any atom is -0.497 e. The van der Waals surface area contributed by atoms with Crippen LogP contribution in [0.1, 0.15) is 6.42 Å². The third-order valence-electron chi connectivity index (χ3n) is 2.87. The van der Waals surface area contributed by atoms with Crippen molar-refractivity contribution in [2.24, 2.45) is 0 Å². The zero-order chi connectivity index (χ0) is 9.54. The Bertz CT molecular complexity index is 487. The van der Waals surface area contributed by atoms with Crippen LogP contribution in [-0.2, 0) is 13.1 Å². The molecule has 0 aliphatic carbocycles. The molecule has 0 atom stereocenters. The van der Waals surface area contributed by atoms with Gasteiger partial charge in [0, 0.05) is 12.5 Å². The van der Waals surface area contributed by atoms with Crippen molar-refractivity contribution >= 4 is 10.9 Å². The number of hydrogen-bond acceptors (Lipinski definition) is 1. The highest BCUT2D eigenvalue weighted by molar-refractivity contribution is 5.76. The second-order valence-electron chi connectivity index (χ2n) is 3.69. The summed E-state index contributed by atoms with van der Waals surface area (Å²) in [7, 11) is 1.71. The molecule has 0 saturated heterocycles. The summed E-state index contributed by atoms with van der Waals surface area (Å²) >= 11 is 0. The van der Waals surface area contributed by atoms with Gasteiger partial charge in [0.15, 0.2) is 6.54 Å². The molecule has 0 radical (unpaired) electrons. The van der Waals surface area contributed by atoms with Crippen LogP contribution in [0.2, 0.25) is 0 Å². The predicted molar refractivity (Wildman–Crippen MR) is 53.3 cm³/mol. The number of ether oxygens (including phenoxy) is 1. The van der Waals surface area contributed by atoms with Gasteiger partial charge in [0.05, 0.1) is 25.2 Å². The number of aromatic nitrogens is 2. The number of fused-ring (bicyclic) bond motifs is 3. The Morgan fingerprint density at radius 2 is 2.36 bits per heavy atom. The molecule has 0 fully saturated rings. The summed E-state index contributed by atoms with van der Waals surface area (Å²) in [5.41, 5.74) is 1.31. The lowest BCUT2D eigenvalue weighted by Gasteiger charge is -1.96. The lowest BCUT2D eigenvalue weighted by molar-refractivity contribution is -0.734. The fourth-order valence-corrected chi connectivity index (χ4v) is 2.18. The first-order chi connectivity index (χ1) is 6.88. The first-order valence-electron chi connectivity index (χ1n) is 4.95. The fraction of sp³-hybridized carbons (Fsp3) is 0.364. The smallest absolute Gasteiger partial charge is 0.238 e. The van der Waals surface area contributed by atoms with Gasteiger partial charge in [-0.15, -0.1) is 4.68 Å². The number of aryl methyl sites for hydroxylation is 2. The molecule has 0 spiro atoms. The average molecular weight is 189 g/mol. The molecule has 1 aromatic carbocycles. The summed E-state index contributed by atoms with van der Waals surface area (Å²) in [5.74, 6) is 0.933. The molecule has 1 aromatic heterocycles. The number of benzene rings is 1. The van der Waals surface area contributed by atoms with Gasteiger partial charge in [-0.3, -0.25) is 0 Å². The fourth-order valence-electron chi connectivity index (χ4n) is 2.18. The van der Waals surface area contributed by atoms with E-state index in [9.17, 15) is 0 Å². The highest BCUT2D eigenvalue weighted by atomic mass is 16.5. The first kappa shape index (κ1) is 7.85. The normalized spacial score (nSPS) is 14.6. The molecule has 0 amide bonds. The molecule has 3 rings (SSSR count). The van der Waals surface area contributed by atoms with Crippen LogP contribution in [0.4, 0.5) is 0 Å². The van der Waals surface area contributed by atoms with E-state index in [0.29, 0.717) is 0 Å². The monoisotopic (exact) mass is 189 g/mol. The molecule has 0 saturated carbocycles. The van der Waals surface area contributed by atoms with E-state index in [2.05, 4.69) is 27.7 Å². The summed E-state index contributed by atoms with van der Waals surface area (Å²) in [4.78, 5) is 0. The molecule has 0 unspecified atom stereocenters. The van der Waals surface area contributed by atoms with Crippen molar-refractivity contribution in [2.75, 3.05) is 7.11 Å². The topological polar surface area (TPSA) is 18.0 Å². The quantitative estimate of drug-likeness (QED) is 0.619. The molecule has 2 aromatic rings. The maximum atomic E-state index is 5.20. The predicted octanol–water partition coefficient (Wildman–Crippen LogP) is 1.34. The maximum absolute atomic E-state index is 5.20. The molecule has 72 valence electrons. The van der Waals surface area contributed by atoms with E-state index >= 15 is 0 Å². The van der Waals surface area contributed by atoms with Gasteiger partial charge in [-0.2, -0.15) is 4.68 Å². The summed E-state index contributed by atoms with van der Waals surface area (Å²) < 4.78 is 9.81. The highest BCUT2D eigenvalue weighted by Gasteiger charge is 2.22. The van der Waals surface area contributed by atoms with Gasteiger partial charge in [-0.05, 0) is 12.1 Å². The Balaban J connectivity index is 2.27. The van der Waals surface area contributed by atoms with Gasteiger partial charge in [-0.25, -0.2) is 0 Å². The standard InChI is InChI=1S/C11H13N2O/c1-14-10-3-4-11-9(7-10)8-12-5-2-6-13(11)12/h3-4,7-8H,2,5-6H2,1H3/q+1. The lowest BCUT2D eigenvalue weighted by atomic mass is 10.2. The SMILES string of the molecule is COc1ccc2c(c1)cn1[n+]2CCC1. The van der Waals surface area contributed by atoms with Crippen molar-refractivity contribution in [1.82, 2.24) is 4.68 Å². The third-order valence-corrected chi connectivity index (χ3v) is 2.87. The summed E-state index contributed by atoms with van der Waals surface area (Å²) in [6.45, 7) is 2.27. The van der Waals surface area contributed by atoms with Crippen molar-refractivity contribution in [3.63, 3.8) is 0 Å². The van der Waals surface area contributed by atoms with Crippen LogP contribution in [0, 0.1) is 0 Å².